The van der Waals surface area contributed by atoms with Crippen molar-refractivity contribution in [2.45, 2.75) is 70.8 Å². The van der Waals surface area contributed by atoms with Crippen LogP contribution in [0.1, 0.15) is 65.2 Å². The molecule has 1 saturated carbocycles. The summed E-state index contributed by atoms with van der Waals surface area (Å²) in [7, 11) is 0. The Balaban J connectivity index is 1.88. The zero-order valence-corrected chi connectivity index (χ0v) is 11.8. The third-order valence-electron chi connectivity index (χ3n) is 5.04. The van der Waals surface area contributed by atoms with E-state index in [0.717, 1.165) is 0 Å². The predicted molar refractivity (Wildman–Crippen MR) is 74.3 cm³/mol. The molecular formula is C15H30N2. The lowest BCUT2D eigenvalue weighted by molar-refractivity contribution is 0.156. The molecule has 0 atom stereocenters. The van der Waals surface area contributed by atoms with Gasteiger partial charge in [-0.1, -0.05) is 26.2 Å². The zero-order chi connectivity index (χ0) is 12.2. The predicted octanol–water partition coefficient (Wildman–Crippen LogP) is 3.08. The summed E-state index contributed by atoms with van der Waals surface area (Å²) in [6.07, 6.45) is 11.1. The van der Waals surface area contributed by atoms with Crippen LogP contribution in [0.5, 0.6) is 0 Å². The van der Waals surface area contributed by atoms with Crippen molar-refractivity contribution >= 4 is 0 Å². The minimum atomic E-state index is 0.450. The zero-order valence-electron chi connectivity index (χ0n) is 11.8. The average Bonchev–Trinajstić information content (AvgIpc) is 2.76. The number of nitrogens with one attached hydrogen (secondary N) is 2. The fraction of sp³-hybridized carbons (Fsp3) is 1.00. The molecule has 1 heterocycles. The third-order valence-corrected chi connectivity index (χ3v) is 5.04. The van der Waals surface area contributed by atoms with Gasteiger partial charge in [0.1, 0.15) is 0 Å². The normalized spacial score (nSPS) is 27.2. The second-order valence-electron chi connectivity index (χ2n) is 6.62. The Kier molecular flexibility index (Phi) is 4.48. The summed E-state index contributed by atoms with van der Waals surface area (Å²) in [5.74, 6) is 0. The number of hydrogen-bond donors (Lipinski definition) is 2. The summed E-state index contributed by atoms with van der Waals surface area (Å²) >= 11 is 0. The van der Waals surface area contributed by atoms with Gasteiger partial charge < -0.3 is 10.6 Å². The van der Waals surface area contributed by atoms with Gasteiger partial charge in [-0.05, 0) is 57.5 Å². The number of hydrogen-bond acceptors (Lipinski definition) is 2. The summed E-state index contributed by atoms with van der Waals surface area (Å²) in [4.78, 5) is 0. The summed E-state index contributed by atoms with van der Waals surface area (Å²) in [6, 6.07) is 0. The van der Waals surface area contributed by atoms with Gasteiger partial charge in [0.2, 0.25) is 0 Å². The first-order chi connectivity index (χ1) is 8.18. The van der Waals surface area contributed by atoms with Crippen molar-refractivity contribution in [2.75, 3.05) is 19.6 Å². The van der Waals surface area contributed by atoms with Gasteiger partial charge >= 0.3 is 0 Å². The van der Waals surface area contributed by atoms with Crippen molar-refractivity contribution in [1.29, 1.82) is 0 Å². The highest BCUT2D eigenvalue weighted by Crippen LogP contribution is 2.36. The van der Waals surface area contributed by atoms with Crippen molar-refractivity contribution < 1.29 is 0 Å². The molecule has 2 nitrogen and oxygen atoms in total. The lowest BCUT2D eigenvalue weighted by atomic mass is 9.75. The molecular weight excluding hydrogens is 208 g/mol. The molecule has 1 aliphatic heterocycles. The van der Waals surface area contributed by atoms with Crippen LogP contribution in [0.25, 0.3) is 0 Å². The summed E-state index contributed by atoms with van der Waals surface area (Å²) in [6.45, 7) is 8.46. The molecule has 0 radical (unpaired) electrons. The summed E-state index contributed by atoms with van der Waals surface area (Å²) < 4.78 is 0. The van der Waals surface area contributed by atoms with E-state index in [9.17, 15) is 0 Å². The highest BCUT2D eigenvalue weighted by molar-refractivity contribution is 4.93. The van der Waals surface area contributed by atoms with Crippen molar-refractivity contribution in [3.63, 3.8) is 0 Å². The quantitative estimate of drug-likeness (QED) is 0.769. The Hall–Kier alpha value is -0.0800. The Morgan fingerprint density at radius 3 is 2.29 bits per heavy atom. The van der Waals surface area contributed by atoms with Gasteiger partial charge in [0, 0.05) is 12.1 Å². The van der Waals surface area contributed by atoms with Gasteiger partial charge in [-0.15, -0.1) is 0 Å². The maximum Gasteiger partial charge on any atom is 0.0153 e. The second-order valence-corrected chi connectivity index (χ2v) is 6.62. The van der Waals surface area contributed by atoms with E-state index < -0.39 is 0 Å². The van der Waals surface area contributed by atoms with Crippen LogP contribution in [0.4, 0.5) is 0 Å². The fourth-order valence-corrected chi connectivity index (χ4v) is 3.74. The van der Waals surface area contributed by atoms with E-state index >= 15 is 0 Å². The first-order valence-electron chi connectivity index (χ1n) is 7.64. The molecule has 0 bridgehead atoms. The largest absolute Gasteiger partial charge is 0.317 e. The van der Waals surface area contributed by atoms with Crippen LogP contribution < -0.4 is 10.6 Å². The van der Waals surface area contributed by atoms with Gasteiger partial charge in [0.25, 0.3) is 0 Å². The summed E-state index contributed by atoms with van der Waals surface area (Å²) in [5.41, 5.74) is 1.04. The van der Waals surface area contributed by atoms with Gasteiger partial charge in [-0.3, -0.25) is 0 Å². The molecule has 0 aromatic heterocycles. The van der Waals surface area contributed by atoms with Crippen molar-refractivity contribution in [1.82, 2.24) is 10.6 Å². The van der Waals surface area contributed by atoms with Crippen molar-refractivity contribution in [2.24, 2.45) is 5.41 Å². The van der Waals surface area contributed by atoms with Gasteiger partial charge in [-0.25, -0.2) is 0 Å². The summed E-state index contributed by atoms with van der Waals surface area (Å²) in [5, 5.41) is 7.43. The van der Waals surface area contributed by atoms with Crippen LogP contribution in [0.2, 0.25) is 0 Å². The Bertz CT molecular complexity index is 220. The van der Waals surface area contributed by atoms with Gasteiger partial charge in [0.05, 0.1) is 0 Å². The van der Waals surface area contributed by atoms with E-state index in [1.54, 1.807) is 0 Å². The van der Waals surface area contributed by atoms with E-state index in [2.05, 4.69) is 24.5 Å². The highest BCUT2D eigenvalue weighted by atomic mass is 15.0. The van der Waals surface area contributed by atoms with E-state index in [1.165, 1.54) is 71.0 Å². The van der Waals surface area contributed by atoms with Crippen molar-refractivity contribution in [3.05, 3.63) is 0 Å². The molecule has 0 aromatic carbocycles. The van der Waals surface area contributed by atoms with E-state index in [4.69, 9.17) is 0 Å². The molecule has 2 fully saturated rings. The average molecular weight is 238 g/mol. The smallest absolute Gasteiger partial charge is 0.0153 e. The Morgan fingerprint density at radius 2 is 1.71 bits per heavy atom. The molecule has 1 saturated heterocycles. The van der Waals surface area contributed by atoms with Crippen LogP contribution in [-0.2, 0) is 0 Å². The van der Waals surface area contributed by atoms with E-state index in [0.29, 0.717) is 11.0 Å². The monoisotopic (exact) mass is 238 g/mol. The number of piperidine rings is 1. The SMILES string of the molecule is CCCC1(CNC2(C)CCCC2)CCNCC1. The highest BCUT2D eigenvalue weighted by Gasteiger charge is 2.35. The maximum atomic E-state index is 3.93. The van der Waals surface area contributed by atoms with Crippen LogP contribution >= 0.6 is 0 Å². The molecule has 17 heavy (non-hydrogen) atoms. The second kappa shape index (κ2) is 5.71. The minimum absolute atomic E-state index is 0.450. The molecule has 0 amide bonds. The maximum absolute atomic E-state index is 3.93. The van der Waals surface area contributed by atoms with Crippen LogP contribution in [-0.4, -0.2) is 25.2 Å². The van der Waals surface area contributed by atoms with Crippen molar-refractivity contribution in [3.8, 4) is 0 Å². The molecule has 1 aliphatic carbocycles. The molecule has 0 unspecified atom stereocenters. The fourth-order valence-electron chi connectivity index (χ4n) is 3.74. The molecule has 2 aliphatic rings. The Labute approximate surface area is 107 Å². The molecule has 0 spiro atoms. The molecule has 2 heteroatoms. The lowest BCUT2D eigenvalue weighted by Crippen LogP contribution is -2.49. The standard InChI is InChI=1S/C15H30N2/c1-3-6-15(9-11-16-12-10-15)13-17-14(2)7-4-5-8-14/h16-17H,3-13H2,1-2H3. The van der Waals surface area contributed by atoms with E-state index in [1.807, 2.05) is 0 Å². The lowest BCUT2D eigenvalue weighted by Gasteiger charge is -2.40. The third kappa shape index (κ3) is 3.45. The van der Waals surface area contributed by atoms with Gasteiger partial charge in [0.15, 0.2) is 0 Å². The van der Waals surface area contributed by atoms with Crippen LogP contribution in [0, 0.1) is 5.41 Å². The van der Waals surface area contributed by atoms with Crippen LogP contribution in [0.15, 0.2) is 0 Å². The molecule has 2 N–H and O–H groups in total. The first kappa shape index (κ1) is 13.4. The molecule has 0 aromatic rings. The minimum Gasteiger partial charge on any atom is -0.317 e. The molecule has 100 valence electrons. The molecule has 2 rings (SSSR count). The van der Waals surface area contributed by atoms with Crippen LogP contribution in [0.3, 0.4) is 0 Å². The Morgan fingerprint density at radius 1 is 1.06 bits per heavy atom. The number of rotatable bonds is 5. The van der Waals surface area contributed by atoms with E-state index in [-0.39, 0.29) is 0 Å². The topological polar surface area (TPSA) is 24.1 Å². The first-order valence-corrected chi connectivity index (χ1v) is 7.64. The van der Waals surface area contributed by atoms with Gasteiger partial charge in [-0.2, -0.15) is 0 Å².